The molecule has 0 radical (unpaired) electrons. The molecule has 0 saturated carbocycles. The van der Waals surface area contributed by atoms with Crippen molar-refractivity contribution in [2.24, 2.45) is 17.8 Å². The third-order valence-corrected chi connectivity index (χ3v) is 6.06. The van der Waals surface area contributed by atoms with Gasteiger partial charge in [-0.1, -0.05) is 53.7 Å². The highest BCUT2D eigenvalue weighted by Crippen LogP contribution is 2.35. The average molecular weight is 567 g/mol. The summed E-state index contributed by atoms with van der Waals surface area (Å²) in [6, 6.07) is 15.7. The van der Waals surface area contributed by atoms with Gasteiger partial charge in [0.15, 0.2) is 0 Å². The van der Waals surface area contributed by atoms with E-state index in [-0.39, 0.29) is 0 Å². The average Bonchev–Trinajstić information content (AvgIpc) is 3.40. The lowest BCUT2D eigenvalue weighted by atomic mass is 10.1. The molecule has 0 atom stereocenters. The van der Waals surface area contributed by atoms with Gasteiger partial charge in [-0.15, -0.1) is 0 Å². The van der Waals surface area contributed by atoms with Crippen molar-refractivity contribution in [2.75, 3.05) is 35.6 Å². The topological polar surface area (TPSA) is 118 Å². The van der Waals surface area contributed by atoms with Crippen LogP contribution in [0.25, 0.3) is 28.2 Å². The van der Waals surface area contributed by atoms with Gasteiger partial charge in [0.25, 0.3) is 0 Å². The molecule has 42 heavy (non-hydrogen) atoms. The standard InChI is InChI=1S/C27H37N9.C5H5N/c1-17(2)14-30-23-9-7-8-22-24(20-10-12-28-26(33-20)31-15-18(3)4)25(35-36(22)23)21-11-13-29-27(34-21)32-16-19(5)6;1-2-4-6-5-3-1/h7-13,17-19,30H,14-16H2,1-6H3,(H,28,31,33)(H,29,32,34);1-5H. The van der Waals surface area contributed by atoms with E-state index in [1.165, 1.54) is 0 Å². The molecule has 0 bridgehead atoms. The highest BCUT2D eigenvalue weighted by atomic mass is 15.3. The number of rotatable bonds is 11. The van der Waals surface area contributed by atoms with E-state index in [4.69, 9.17) is 15.1 Å². The van der Waals surface area contributed by atoms with Crippen molar-refractivity contribution < 1.29 is 0 Å². The Bertz CT molecular complexity index is 1500. The predicted octanol–water partition coefficient (Wildman–Crippen LogP) is 6.53. The Balaban J connectivity index is 0.000000600. The van der Waals surface area contributed by atoms with Crippen LogP contribution < -0.4 is 16.0 Å². The molecule has 5 aromatic rings. The van der Waals surface area contributed by atoms with Gasteiger partial charge in [0, 0.05) is 44.4 Å². The van der Waals surface area contributed by atoms with Crippen LogP contribution in [0.2, 0.25) is 0 Å². The van der Waals surface area contributed by atoms with E-state index in [0.29, 0.717) is 29.7 Å². The fourth-order valence-corrected chi connectivity index (χ4v) is 4.01. The van der Waals surface area contributed by atoms with Crippen molar-refractivity contribution in [1.29, 1.82) is 0 Å². The van der Waals surface area contributed by atoms with E-state index >= 15 is 0 Å². The molecule has 0 saturated heterocycles. The van der Waals surface area contributed by atoms with Crippen LogP contribution in [0.3, 0.4) is 0 Å². The normalized spacial score (nSPS) is 11.1. The van der Waals surface area contributed by atoms with Crippen LogP contribution in [0.4, 0.5) is 17.7 Å². The van der Waals surface area contributed by atoms with Crippen molar-refractivity contribution in [2.45, 2.75) is 41.5 Å². The fraction of sp³-hybridized carbons (Fsp3) is 0.375. The minimum Gasteiger partial charge on any atom is -0.370 e. The van der Waals surface area contributed by atoms with Gasteiger partial charge in [-0.25, -0.2) is 24.5 Å². The smallest absolute Gasteiger partial charge is 0.223 e. The van der Waals surface area contributed by atoms with Crippen molar-refractivity contribution in [3.8, 4) is 22.6 Å². The molecule has 5 aromatic heterocycles. The molecule has 0 spiro atoms. The summed E-state index contributed by atoms with van der Waals surface area (Å²) in [4.78, 5) is 22.3. The Labute approximate surface area is 248 Å². The zero-order chi connectivity index (χ0) is 29.9. The highest BCUT2D eigenvalue weighted by Gasteiger charge is 2.21. The SMILES string of the molecule is CC(C)CNc1nccc(-c2nn3c(NCC(C)C)cccc3c2-c2ccnc(NCC(C)C)n2)n1.c1ccncc1. The van der Waals surface area contributed by atoms with Crippen LogP contribution in [0.1, 0.15) is 41.5 Å². The molecular weight excluding hydrogens is 524 g/mol. The van der Waals surface area contributed by atoms with Gasteiger partial charge in [0.05, 0.1) is 22.5 Å². The summed E-state index contributed by atoms with van der Waals surface area (Å²) in [5.74, 6) is 3.58. The monoisotopic (exact) mass is 566 g/mol. The molecule has 10 heteroatoms. The van der Waals surface area contributed by atoms with Crippen LogP contribution in [0.5, 0.6) is 0 Å². The Kier molecular flexibility index (Phi) is 10.7. The zero-order valence-electron chi connectivity index (χ0n) is 25.4. The molecule has 220 valence electrons. The van der Waals surface area contributed by atoms with Crippen molar-refractivity contribution >= 4 is 23.2 Å². The lowest BCUT2D eigenvalue weighted by Crippen LogP contribution is -2.11. The van der Waals surface area contributed by atoms with E-state index in [1.807, 2.05) is 47.0 Å². The number of nitrogens with zero attached hydrogens (tertiary/aromatic N) is 7. The lowest BCUT2D eigenvalue weighted by Gasteiger charge is -2.11. The second-order valence-corrected chi connectivity index (χ2v) is 11.3. The lowest BCUT2D eigenvalue weighted by molar-refractivity contribution is 0.684. The number of pyridine rings is 2. The molecular formula is C32H42N10. The number of hydrogen-bond donors (Lipinski definition) is 3. The molecule has 5 heterocycles. The summed E-state index contributed by atoms with van der Waals surface area (Å²) in [7, 11) is 0. The van der Waals surface area contributed by atoms with Crippen molar-refractivity contribution in [1.82, 2.24) is 34.5 Å². The second-order valence-electron chi connectivity index (χ2n) is 11.3. The quantitative estimate of drug-likeness (QED) is 0.164. The number of aromatic nitrogens is 7. The van der Waals surface area contributed by atoms with E-state index in [9.17, 15) is 0 Å². The molecule has 0 amide bonds. The van der Waals surface area contributed by atoms with Gasteiger partial charge in [-0.3, -0.25) is 4.98 Å². The summed E-state index contributed by atoms with van der Waals surface area (Å²) in [5.41, 5.74) is 4.13. The van der Waals surface area contributed by atoms with Gasteiger partial charge >= 0.3 is 0 Å². The summed E-state index contributed by atoms with van der Waals surface area (Å²) >= 11 is 0. The molecule has 0 aromatic carbocycles. The third kappa shape index (κ3) is 8.45. The third-order valence-electron chi connectivity index (χ3n) is 6.06. The van der Waals surface area contributed by atoms with Crippen LogP contribution in [-0.4, -0.2) is 54.2 Å². The van der Waals surface area contributed by atoms with Gasteiger partial charge in [-0.05, 0) is 54.2 Å². The minimum absolute atomic E-state index is 0.482. The maximum absolute atomic E-state index is 5.03. The number of nitrogens with one attached hydrogen (secondary N) is 3. The zero-order valence-corrected chi connectivity index (χ0v) is 25.4. The maximum Gasteiger partial charge on any atom is 0.223 e. The van der Waals surface area contributed by atoms with Gasteiger partial charge in [0.1, 0.15) is 11.5 Å². The summed E-state index contributed by atoms with van der Waals surface area (Å²) in [5, 5.41) is 15.2. The number of anilines is 3. The van der Waals surface area contributed by atoms with Crippen molar-refractivity contribution in [3.63, 3.8) is 0 Å². The first kappa shape index (κ1) is 30.4. The molecule has 3 N–H and O–H groups in total. The number of hydrogen-bond acceptors (Lipinski definition) is 9. The van der Waals surface area contributed by atoms with Crippen LogP contribution in [0, 0.1) is 17.8 Å². The fourth-order valence-electron chi connectivity index (χ4n) is 4.01. The molecule has 0 aliphatic carbocycles. The second kappa shape index (κ2) is 14.9. The first-order chi connectivity index (χ1) is 20.3. The first-order valence-electron chi connectivity index (χ1n) is 14.6. The van der Waals surface area contributed by atoms with E-state index in [1.54, 1.807) is 24.8 Å². The Morgan fingerprint density at radius 2 is 1.19 bits per heavy atom. The van der Waals surface area contributed by atoms with Crippen LogP contribution >= 0.6 is 0 Å². The van der Waals surface area contributed by atoms with E-state index in [0.717, 1.165) is 53.6 Å². The largest absolute Gasteiger partial charge is 0.370 e. The van der Waals surface area contributed by atoms with Crippen LogP contribution in [0.15, 0.2) is 73.3 Å². The molecule has 0 fully saturated rings. The van der Waals surface area contributed by atoms with Crippen LogP contribution in [-0.2, 0) is 0 Å². The minimum atomic E-state index is 0.482. The molecule has 10 nitrogen and oxygen atoms in total. The highest BCUT2D eigenvalue weighted by molar-refractivity contribution is 5.91. The first-order valence-corrected chi connectivity index (χ1v) is 14.6. The van der Waals surface area contributed by atoms with Gasteiger partial charge < -0.3 is 16.0 Å². The molecule has 5 rings (SSSR count). The maximum atomic E-state index is 5.03. The Morgan fingerprint density at radius 1 is 0.619 bits per heavy atom. The van der Waals surface area contributed by atoms with E-state index in [2.05, 4.69) is 78.5 Å². The number of fused-ring (bicyclic) bond motifs is 1. The van der Waals surface area contributed by atoms with E-state index < -0.39 is 0 Å². The molecule has 0 aliphatic rings. The van der Waals surface area contributed by atoms with Gasteiger partial charge in [-0.2, -0.15) is 5.10 Å². The molecule has 0 aliphatic heterocycles. The van der Waals surface area contributed by atoms with Gasteiger partial charge in [0.2, 0.25) is 11.9 Å². The summed E-state index contributed by atoms with van der Waals surface area (Å²) in [6.45, 7) is 15.4. The Morgan fingerprint density at radius 3 is 1.74 bits per heavy atom. The summed E-state index contributed by atoms with van der Waals surface area (Å²) in [6.07, 6.45) is 7.06. The predicted molar refractivity (Wildman–Crippen MR) is 171 cm³/mol. The Hall–Kier alpha value is -4.60. The van der Waals surface area contributed by atoms with Crippen molar-refractivity contribution in [3.05, 3.63) is 73.3 Å². The molecule has 0 unspecified atom stereocenters. The summed E-state index contributed by atoms with van der Waals surface area (Å²) < 4.78 is 1.94.